The summed E-state index contributed by atoms with van der Waals surface area (Å²) in [5.41, 5.74) is 1.09. The van der Waals surface area contributed by atoms with Gasteiger partial charge in [-0.15, -0.1) is 0 Å². The molecule has 0 fully saturated rings. The molecule has 1 aromatic heterocycles. The molecule has 0 bridgehead atoms. The molecule has 2 aromatic rings. The molecular formula is C15H13FN2O3. The lowest BCUT2D eigenvalue weighted by Crippen LogP contribution is -2.17. The average molecular weight is 288 g/mol. The maximum atomic E-state index is 13.5. The van der Waals surface area contributed by atoms with E-state index in [4.69, 9.17) is 0 Å². The standard InChI is InChI=1S/C15H13FN2O3/c1-9-5-6-12(11(8-9)15(20)21-2)18-14(19)10-4-3-7-17-13(10)16/h3-8H,1-2H3,(H,18,19). The Morgan fingerprint density at radius 2 is 2.00 bits per heavy atom. The minimum Gasteiger partial charge on any atom is -0.465 e. The fourth-order valence-electron chi connectivity index (χ4n) is 1.79. The van der Waals surface area contributed by atoms with Crippen LogP contribution < -0.4 is 5.32 Å². The minimum absolute atomic E-state index is 0.200. The highest BCUT2D eigenvalue weighted by Crippen LogP contribution is 2.19. The Morgan fingerprint density at radius 3 is 2.67 bits per heavy atom. The van der Waals surface area contributed by atoms with Crippen molar-refractivity contribution in [2.45, 2.75) is 6.92 Å². The quantitative estimate of drug-likeness (QED) is 0.696. The average Bonchev–Trinajstić information content (AvgIpc) is 2.48. The minimum atomic E-state index is -0.873. The van der Waals surface area contributed by atoms with Crippen molar-refractivity contribution in [3.63, 3.8) is 0 Å². The van der Waals surface area contributed by atoms with E-state index in [0.717, 1.165) is 5.56 Å². The molecule has 6 heteroatoms. The number of nitrogens with zero attached hydrogens (tertiary/aromatic N) is 1. The van der Waals surface area contributed by atoms with E-state index in [9.17, 15) is 14.0 Å². The van der Waals surface area contributed by atoms with Crippen LogP contribution in [0.15, 0.2) is 36.5 Å². The third kappa shape index (κ3) is 3.22. The van der Waals surface area contributed by atoms with E-state index in [1.807, 2.05) is 0 Å². The normalized spacial score (nSPS) is 10.0. The molecule has 0 saturated carbocycles. The van der Waals surface area contributed by atoms with Gasteiger partial charge in [0.25, 0.3) is 5.91 Å². The number of benzene rings is 1. The lowest BCUT2D eigenvalue weighted by molar-refractivity contribution is 0.0602. The molecule has 0 unspecified atom stereocenters. The highest BCUT2D eigenvalue weighted by Gasteiger charge is 2.17. The molecule has 21 heavy (non-hydrogen) atoms. The number of aromatic nitrogens is 1. The van der Waals surface area contributed by atoms with Crippen LogP contribution in [0, 0.1) is 12.9 Å². The van der Waals surface area contributed by atoms with Crippen LogP contribution in [0.4, 0.5) is 10.1 Å². The Hall–Kier alpha value is -2.76. The molecule has 0 atom stereocenters. The van der Waals surface area contributed by atoms with Gasteiger partial charge in [-0.1, -0.05) is 11.6 Å². The van der Waals surface area contributed by atoms with E-state index < -0.39 is 17.8 Å². The second-order valence-corrected chi connectivity index (χ2v) is 4.34. The number of methoxy groups -OCH3 is 1. The number of anilines is 1. The third-order valence-electron chi connectivity index (χ3n) is 2.83. The highest BCUT2D eigenvalue weighted by molar-refractivity contribution is 6.08. The topological polar surface area (TPSA) is 68.3 Å². The Kier molecular flexibility index (Phi) is 4.27. The number of carbonyl (C=O) groups is 2. The third-order valence-corrected chi connectivity index (χ3v) is 2.83. The molecule has 0 aliphatic heterocycles. The first kappa shape index (κ1) is 14.6. The molecule has 5 nitrogen and oxygen atoms in total. The van der Waals surface area contributed by atoms with Crippen molar-refractivity contribution in [2.24, 2.45) is 0 Å². The van der Waals surface area contributed by atoms with Crippen LogP contribution >= 0.6 is 0 Å². The van der Waals surface area contributed by atoms with Gasteiger partial charge in [-0.3, -0.25) is 4.79 Å². The van der Waals surface area contributed by atoms with Crippen LogP contribution in [-0.4, -0.2) is 24.0 Å². The number of hydrogen-bond donors (Lipinski definition) is 1. The highest BCUT2D eigenvalue weighted by atomic mass is 19.1. The van der Waals surface area contributed by atoms with Crippen molar-refractivity contribution in [1.82, 2.24) is 4.98 Å². The van der Waals surface area contributed by atoms with Crippen LogP contribution in [-0.2, 0) is 4.74 Å². The van der Waals surface area contributed by atoms with Gasteiger partial charge in [0.15, 0.2) is 0 Å². The number of amides is 1. The fraction of sp³-hybridized carbons (Fsp3) is 0.133. The largest absolute Gasteiger partial charge is 0.465 e. The number of esters is 1. The fourth-order valence-corrected chi connectivity index (χ4v) is 1.79. The number of rotatable bonds is 3. The summed E-state index contributed by atoms with van der Waals surface area (Å²) in [6.07, 6.45) is 1.25. The number of hydrogen-bond acceptors (Lipinski definition) is 4. The van der Waals surface area contributed by atoms with Gasteiger partial charge in [-0.05, 0) is 31.2 Å². The van der Waals surface area contributed by atoms with Gasteiger partial charge in [0.05, 0.1) is 23.9 Å². The number of nitrogens with one attached hydrogen (secondary N) is 1. The van der Waals surface area contributed by atoms with E-state index in [1.54, 1.807) is 25.1 Å². The molecule has 0 radical (unpaired) electrons. The Morgan fingerprint density at radius 1 is 1.24 bits per heavy atom. The molecule has 1 heterocycles. The number of aryl methyl sites for hydroxylation is 1. The molecular weight excluding hydrogens is 275 g/mol. The predicted octanol–water partition coefficient (Wildman–Crippen LogP) is 2.57. The van der Waals surface area contributed by atoms with Crippen molar-refractivity contribution >= 4 is 17.6 Å². The van der Waals surface area contributed by atoms with E-state index >= 15 is 0 Å². The van der Waals surface area contributed by atoms with Crippen LogP contribution in [0.3, 0.4) is 0 Å². The molecule has 0 spiro atoms. The molecule has 1 N–H and O–H groups in total. The molecule has 0 saturated heterocycles. The lowest BCUT2D eigenvalue weighted by Gasteiger charge is -2.10. The van der Waals surface area contributed by atoms with Gasteiger partial charge in [0.1, 0.15) is 0 Å². The van der Waals surface area contributed by atoms with Gasteiger partial charge in [0.2, 0.25) is 5.95 Å². The maximum Gasteiger partial charge on any atom is 0.339 e. The van der Waals surface area contributed by atoms with Crippen LogP contribution in [0.2, 0.25) is 0 Å². The Labute approximate surface area is 120 Å². The molecule has 2 rings (SSSR count). The molecule has 1 aromatic carbocycles. The summed E-state index contributed by atoms with van der Waals surface area (Å²) < 4.78 is 18.1. The number of ether oxygens (including phenoxy) is 1. The summed E-state index contributed by atoms with van der Waals surface area (Å²) in [5.74, 6) is -2.14. The summed E-state index contributed by atoms with van der Waals surface area (Å²) in [6.45, 7) is 1.80. The van der Waals surface area contributed by atoms with Gasteiger partial charge >= 0.3 is 5.97 Å². The van der Waals surface area contributed by atoms with Crippen molar-refractivity contribution in [3.8, 4) is 0 Å². The first-order chi connectivity index (χ1) is 10.0. The zero-order valence-electron chi connectivity index (χ0n) is 11.5. The van der Waals surface area contributed by atoms with Crippen LogP contribution in [0.1, 0.15) is 26.3 Å². The first-order valence-corrected chi connectivity index (χ1v) is 6.13. The predicted molar refractivity (Wildman–Crippen MR) is 74.7 cm³/mol. The summed E-state index contributed by atoms with van der Waals surface area (Å²) in [5, 5.41) is 2.49. The van der Waals surface area contributed by atoms with Crippen molar-refractivity contribution < 1.29 is 18.7 Å². The Balaban J connectivity index is 2.34. The number of pyridine rings is 1. The van der Waals surface area contributed by atoms with E-state index in [1.165, 1.54) is 25.4 Å². The SMILES string of the molecule is COC(=O)c1cc(C)ccc1NC(=O)c1cccnc1F. The summed E-state index contributed by atoms with van der Waals surface area (Å²) in [6, 6.07) is 7.63. The summed E-state index contributed by atoms with van der Waals surface area (Å²) >= 11 is 0. The molecule has 1 amide bonds. The lowest BCUT2D eigenvalue weighted by atomic mass is 10.1. The van der Waals surface area contributed by atoms with Gasteiger partial charge in [-0.2, -0.15) is 4.39 Å². The number of halogens is 1. The maximum absolute atomic E-state index is 13.5. The van der Waals surface area contributed by atoms with Crippen LogP contribution in [0.25, 0.3) is 0 Å². The van der Waals surface area contributed by atoms with E-state index in [0.29, 0.717) is 0 Å². The number of carbonyl (C=O) groups excluding carboxylic acids is 2. The first-order valence-electron chi connectivity index (χ1n) is 6.13. The molecule has 108 valence electrons. The summed E-state index contributed by atoms with van der Waals surface area (Å²) in [4.78, 5) is 27.2. The second kappa shape index (κ2) is 6.13. The van der Waals surface area contributed by atoms with E-state index in [-0.39, 0.29) is 16.8 Å². The van der Waals surface area contributed by atoms with Gasteiger partial charge in [-0.25, -0.2) is 9.78 Å². The summed E-state index contributed by atoms with van der Waals surface area (Å²) in [7, 11) is 1.25. The Bertz CT molecular complexity index is 701. The smallest absolute Gasteiger partial charge is 0.339 e. The van der Waals surface area contributed by atoms with Gasteiger partial charge in [0, 0.05) is 6.20 Å². The monoisotopic (exact) mass is 288 g/mol. The van der Waals surface area contributed by atoms with Crippen molar-refractivity contribution in [3.05, 3.63) is 59.2 Å². The molecule has 0 aliphatic rings. The van der Waals surface area contributed by atoms with Gasteiger partial charge < -0.3 is 10.1 Å². The molecule has 0 aliphatic carbocycles. The zero-order chi connectivity index (χ0) is 15.4. The van der Waals surface area contributed by atoms with Crippen molar-refractivity contribution in [1.29, 1.82) is 0 Å². The second-order valence-electron chi connectivity index (χ2n) is 4.34. The zero-order valence-corrected chi connectivity index (χ0v) is 11.5. The van der Waals surface area contributed by atoms with Crippen molar-refractivity contribution in [2.75, 3.05) is 12.4 Å². The van der Waals surface area contributed by atoms with Crippen LogP contribution in [0.5, 0.6) is 0 Å². The van der Waals surface area contributed by atoms with E-state index in [2.05, 4.69) is 15.0 Å².